The molecule has 1 spiro atoms. The SMILES string of the molecule is CN(c1cc(F)cc(-c2ccc(N3CC4(CC4)CS3(=O)=O)nc2)c1)c1cc2nnnn2c2ccc(F)cc12. The van der Waals surface area contributed by atoms with Crippen molar-refractivity contribution in [3.8, 4) is 11.1 Å². The van der Waals surface area contributed by atoms with Crippen LogP contribution < -0.4 is 9.21 Å². The van der Waals surface area contributed by atoms with Crippen molar-refractivity contribution in [3.05, 3.63) is 72.4 Å². The van der Waals surface area contributed by atoms with E-state index in [9.17, 15) is 17.2 Å². The highest BCUT2D eigenvalue weighted by atomic mass is 32.2. The van der Waals surface area contributed by atoms with Gasteiger partial charge in [-0.05, 0) is 77.4 Å². The molecule has 192 valence electrons. The third-order valence-corrected chi connectivity index (χ3v) is 9.42. The Morgan fingerprint density at radius 3 is 2.55 bits per heavy atom. The number of fused-ring (bicyclic) bond motifs is 3. The van der Waals surface area contributed by atoms with Gasteiger partial charge >= 0.3 is 0 Å². The summed E-state index contributed by atoms with van der Waals surface area (Å²) in [4.78, 5) is 6.16. The van der Waals surface area contributed by atoms with Crippen LogP contribution >= 0.6 is 0 Å². The van der Waals surface area contributed by atoms with Gasteiger partial charge in [0.25, 0.3) is 0 Å². The molecule has 2 fully saturated rings. The van der Waals surface area contributed by atoms with Crippen molar-refractivity contribution in [3.63, 3.8) is 0 Å². The maximum Gasteiger partial charge on any atom is 0.236 e. The third-order valence-electron chi connectivity index (χ3n) is 7.45. The zero-order valence-corrected chi connectivity index (χ0v) is 21.0. The Bertz CT molecular complexity index is 1850. The Labute approximate surface area is 216 Å². The van der Waals surface area contributed by atoms with Gasteiger partial charge in [-0.25, -0.2) is 22.2 Å². The van der Waals surface area contributed by atoms with Gasteiger partial charge in [-0.15, -0.1) is 5.10 Å². The molecule has 5 aromatic rings. The molecule has 0 amide bonds. The third kappa shape index (κ3) is 3.66. The van der Waals surface area contributed by atoms with Gasteiger partial charge in [0, 0.05) is 47.9 Å². The second-order valence-corrected chi connectivity index (χ2v) is 12.0. The molecule has 7 rings (SSSR count). The first kappa shape index (κ1) is 23.0. The van der Waals surface area contributed by atoms with E-state index in [1.807, 2.05) is 0 Å². The number of hydrogen-bond acceptors (Lipinski definition) is 7. The van der Waals surface area contributed by atoms with Crippen LogP contribution in [0.4, 0.5) is 26.0 Å². The number of anilines is 3. The van der Waals surface area contributed by atoms with E-state index in [2.05, 4.69) is 20.5 Å². The van der Waals surface area contributed by atoms with E-state index in [1.54, 1.807) is 48.5 Å². The molecule has 0 bridgehead atoms. The van der Waals surface area contributed by atoms with E-state index in [-0.39, 0.29) is 11.2 Å². The van der Waals surface area contributed by atoms with Gasteiger partial charge in [-0.1, -0.05) is 0 Å². The molecular weight excluding hydrogens is 512 g/mol. The second kappa shape index (κ2) is 7.90. The van der Waals surface area contributed by atoms with E-state index in [0.29, 0.717) is 51.4 Å². The number of rotatable bonds is 4. The predicted octanol–water partition coefficient (Wildman–Crippen LogP) is 4.32. The standard InChI is InChI=1S/C26H21F2N7O2S/c1-33(23-12-25-30-31-32-35(25)22-4-3-18(27)11-21(22)23)20-9-17(8-19(28)10-20)16-2-5-24(29-13-16)34-14-26(6-7-26)15-38(34,36)37/h2-5,8-13H,6-7,14-15H2,1H3. The van der Waals surface area contributed by atoms with Crippen LogP contribution in [0, 0.1) is 17.0 Å². The summed E-state index contributed by atoms with van der Waals surface area (Å²) in [5.74, 6) is -0.349. The van der Waals surface area contributed by atoms with Gasteiger partial charge in [0.1, 0.15) is 17.5 Å². The van der Waals surface area contributed by atoms with E-state index in [1.165, 1.54) is 33.1 Å². The van der Waals surface area contributed by atoms with Crippen LogP contribution in [0.5, 0.6) is 0 Å². The summed E-state index contributed by atoms with van der Waals surface area (Å²) in [7, 11) is -1.63. The largest absolute Gasteiger partial charge is 0.344 e. The Hall–Kier alpha value is -4.19. The molecule has 1 aliphatic heterocycles. The van der Waals surface area contributed by atoms with E-state index >= 15 is 0 Å². The van der Waals surface area contributed by atoms with Gasteiger partial charge in [-0.2, -0.15) is 4.52 Å². The molecule has 2 aromatic carbocycles. The number of aromatic nitrogens is 5. The minimum Gasteiger partial charge on any atom is -0.344 e. The summed E-state index contributed by atoms with van der Waals surface area (Å²) < 4.78 is 57.3. The highest BCUT2D eigenvalue weighted by molar-refractivity contribution is 7.93. The van der Waals surface area contributed by atoms with E-state index in [0.717, 1.165) is 12.8 Å². The molecule has 1 saturated carbocycles. The first-order valence-corrected chi connectivity index (χ1v) is 13.6. The molecule has 1 aliphatic carbocycles. The molecule has 2 aliphatic rings. The molecule has 9 nitrogen and oxygen atoms in total. The molecule has 12 heteroatoms. The fraction of sp³-hybridized carbons (Fsp3) is 0.231. The monoisotopic (exact) mass is 533 g/mol. The Balaban J connectivity index is 1.26. The van der Waals surface area contributed by atoms with Crippen molar-refractivity contribution in [2.24, 2.45) is 5.41 Å². The minimum absolute atomic E-state index is 0.125. The number of nitrogens with zero attached hydrogens (tertiary/aromatic N) is 7. The highest BCUT2D eigenvalue weighted by Crippen LogP contribution is 2.52. The van der Waals surface area contributed by atoms with E-state index in [4.69, 9.17) is 0 Å². The molecule has 0 unspecified atom stereocenters. The van der Waals surface area contributed by atoms with Gasteiger partial charge in [0.05, 0.1) is 17.0 Å². The number of hydrogen-bond donors (Lipinski definition) is 0. The molecule has 0 N–H and O–H groups in total. The lowest BCUT2D eigenvalue weighted by Crippen LogP contribution is -2.26. The zero-order chi connectivity index (χ0) is 26.2. The average molecular weight is 534 g/mol. The van der Waals surface area contributed by atoms with Crippen molar-refractivity contribution in [2.75, 3.05) is 28.6 Å². The first-order valence-electron chi connectivity index (χ1n) is 12.0. The minimum atomic E-state index is -3.39. The number of pyridine rings is 2. The molecular formula is C26H21F2N7O2S. The van der Waals surface area contributed by atoms with Gasteiger partial charge < -0.3 is 4.90 Å². The van der Waals surface area contributed by atoms with E-state index < -0.39 is 21.7 Å². The summed E-state index contributed by atoms with van der Waals surface area (Å²) in [6.07, 6.45) is 3.39. The first-order chi connectivity index (χ1) is 18.2. The van der Waals surface area contributed by atoms with Crippen molar-refractivity contribution < 1.29 is 17.2 Å². The quantitative estimate of drug-likeness (QED) is 0.340. The van der Waals surface area contributed by atoms with Crippen LogP contribution in [0.2, 0.25) is 0 Å². The van der Waals surface area contributed by atoms with Gasteiger partial charge in [0.15, 0.2) is 5.65 Å². The summed E-state index contributed by atoms with van der Waals surface area (Å²) >= 11 is 0. The van der Waals surface area contributed by atoms with Crippen molar-refractivity contribution >= 4 is 43.8 Å². The van der Waals surface area contributed by atoms with Gasteiger partial charge in [0.2, 0.25) is 10.0 Å². The maximum absolute atomic E-state index is 14.9. The molecule has 3 aromatic heterocycles. The Morgan fingerprint density at radius 1 is 0.974 bits per heavy atom. The summed E-state index contributed by atoms with van der Waals surface area (Å²) in [5.41, 5.74) is 3.26. The van der Waals surface area contributed by atoms with Crippen LogP contribution in [-0.2, 0) is 10.0 Å². The summed E-state index contributed by atoms with van der Waals surface area (Å²) in [5, 5.41) is 12.3. The highest BCUT2D eigenvalue weighted by Gasteiger charge is 2.55. The van der Waals surface area contributed by atoms with Crippen LogP contribution in [0.25, 0.3) is 27.7 Å². The number of sulfonamides is 1. The normalized spacial score (nSPS) is 17.5. The van der Waals surface area contributed by atoms with Gasteiger partial charge in [-0.3, -0.25) is 4.31 Å². The molecule has 38 heavy (non-hydrogen) atoms. The van der Waals surface area contributed by atoms with Crippen LogP contribution in [0.15, 0.2) is 60.8 Å². The molecule has 0 radical (unpaired) electrons. The number of tetrazole rings is 1. The molecule has 1 saturated heterocycles. The van der Waals surface area contributed by atoms with Crippen LogP contribution in [0.3, 0.4) is 0 Å². The Morgan fingerprint density at radius 2 is 1.82 bits per heavy atom. The van der Waals surface area contributed by atoms with Crippen LogP contribution in [0.1, 0.15) is 12.8 Å². The Kier molecular flexibility index (Phi) is 4.78. The number of benzene rings is 2. The van der Waals surface area contributed by atoms with Crippen LogP contribution in [-0.4, -0.2) is 52.8 Å². The lowest BCUT2D eigenvalue weighted by molar-refractivity contribution is 0.593. The fourth-order valence-electron chi connectivity index (χ4n) is 5.23. The predicted molar refractivity (Wildman–Crippen MR) is 139 cm³/mol. The van der Waals surface area contributed by atoms with Crippen molar-refractivity contribution in [1.29, 1.82) is 0 Å². The fourth-order valence-corrected chi connectivity index (χ4v) is 7.40. The average Bonchev–Trinajstić information content (AvgIpc) is 3.35. The van der Waals surface area contributed by atoms with Crippen molar-refractivity contribution in [1.82, 2.24) is 25.0 Å². The molecule has 4 heterocycles. The lowest BCUT2D eigenvalue weighted by Gasteiger charge is -2.22. The smallest absolute Gasteiger partial charge is 0.236 e. The summed E-state index contributed by atoms with van der Waals surface area (Å²) in [6, 6.07) is 14.0. The lowest BCUT2D eigenvalue weighted by atomic mass is 10.1. The van der Waals surface area contributed by atoms with Crippen molar-refractivity contribution in [2.45, 2.75) is 12.8 Å². The molecule has 0 atom stereocenters. The summed E-state index contributed by atoms with van der Waals surface area (Å²) in [6.45, 7) is 0.455. The zero-order valence-electron chi connectivity index (χ0n) is 20.2. The topological polar surface area (TPSA) is 96.6 Å². The maximum atomic E-state index is 14.9. The number of halogens is 2. The second-order valence-electron chi connectivity index (χ2n) is 10.1.